The number of piperidine rings is 1. The quantitative estimate of drug-likeness (QED) is 0.503. The normalized spacial score (nSPS) is 16.0. The number of benzene rings is 2. The predicted molar refractivity (Wildman–Crippen MR) is 128 cm³/mol. The highest BCUT2D eigenvalue weighted by Gasteiger charge is 2.43. The summed E-state index contributed by atoms with van der Waals surface area (Å²) in [5.41, 5.74) is 2.01. The molecule has 1 heterocycles. The van der Waals surface area contributed by atoms with Crippen molar-refractivity contribution < 1.29 is 24.2 Å². The highest BCUT2D eigenvalue weighted by Crippen LogP contribution is 2.39. The van der Waals surface area contributed by atoms with Crippen molar-refractivity contribution in [3.8, 4) is 5.75 Å². The number of amides is 2. The fourth-order valence-corrected chi connectivity index (χ4v) is 5.27. The summed E-state index contributed by atoms with van der Waals surface area (Å²) in [6, 6.07) is 17.1. The third-order valence-corrected chi connectivity index (χ3v) is 7.63. The van der Waals surface area contributed by atoms with E-state index in [1.807, 2.05) is 54.6 Å². The maximum absolute atomic E-state index is 13.7. The lowest BCUT2D eigenvalue weighted by atomic mass is 9.93. The molecule has 2 N–H and O–H groups in total. The van der Waals surface area contributed by atoms with Gasteiger partial charge < -0.3 is 24.9 Å². The molecule has 2 aromatic carbocycles. The van der Waals surface area contributed by atoms with E-state index in [2.05, 4.69) is 5.32 Å². The van der Waals surface area contributed by atoms with Crippen LogP contribution in [0.15, 0.2) is 54.6 Å². The van der Waals surface area contributed by atoms with E-state index >= 15 is 0 Å². The summed E-state index contributed by atoms with van der Waals surface area (Å²) in [6.45, 7) is 0.616. The van der Waals surface area contributed by atoms with Gasteiger partial charge in [0.1, 0.15) is 12.0 Å². The molecule has 0 radical (unpaired) electrons. The molecule has 0 spiro atoms. The van der Waals surface area contributed by atoms with Crippen LogP contribution in [0.25, 0.3) is 0 Å². The largest absolute Gasteiger partial charge is 0.497 e. The Morgan fingerprint density at radius 1 is 1.15 bits per heavy atom. The number of carboxylic acid groups (broad SMARTS) is 1. The lowest BCUT2D eigenvalue weighted by molar-refractivity contribution is -0.125. The average molecular weight is 471 g/mol. The molecule has 3 rings (SSSR count). The number of hydrogen-bond acceptors (Lipinski definition) is 5. The Morgan fingerprint density at radius 3 is 2.39 bits per heavy atom. The van der Waals surface area contributed by atoms with Crippen LogP contribution in [0.1, 0.15) is 42.9 Å². The predicted octanol–water partition coefficient (Wildman–Crippen LogP) is 4.28. The first kappa shape index (κ1) is 24.6. The third-order valence-electron chi connectivity index (χ3n) is 6.01. The number of thioether (sulfide) groups is 1. The third kappa shape index (κ3) is 6.51. The Bertz CT molecular complexity index is 928. The second kappa shape index (κ2) is 11.7. The zero-order chi connectivity index (χ0) is 23.7. The molecule has 1 aliphatic rings. The summed E-state index contributed by atoms with van der Waals surface area (Å²) in [4.78, 5) is 37.5. The zero-order valence-electron chi connectivity index (χ0n) is 18.7. The molecule has 1 unspecified atom stereocenters. The van der Waals surface area contributed by atoms with Gasteiger partial charge in [0.15, 0.2) is 0 Å². The fourth-order valence-electron chi connectivity index (χ4n) is 3.97. The number of methoxy groups -OCH3 is 1. The molecule has 0 bridgehead atoms. The Balaban J connectivity index is 1.78. The van der Waals surface area contributed by atoms with Crippen molar-refractivity contribution in [1.29, 1.82) is 0 Å². The van der Waals surface area contributed by atoms with E-state index in [0.29, 0.717) is 44.5 Å². The molecule has 1 saturated heterocycles. The summed E-state index contributed by atoms with van der Waals surface area (Å²) < 4.78 is 4.47. The van der Waals surface area contributed by atoms with Gasteiger partial charge in [-0.15, -0.1) is 11.8 Å². The lowest BCUT2D eigenvalue weighted by Gasteiger charge is -2.40. The molecule has 2 aromatic rings. The smallest absolute Gasteiger partial charge is 0.407 e. The molecule has 0 aliphatic carbocycles. The van der Waals surface area contributed by atoms with Gasteiger partial charge in [0, 0.05) is 25.3 Å². The molecule has 0 aromatic heterocycles. The van der Waals surface area contributed by atoms with Gasteiger partial charge in [-0.3, -0.25) is 4.79 Å². The van der Waals surface area contributed by atoms with E-state index in [4.69, 9.17) is 4.74 Å². The van der Waals surface area contributed by atoms with E-state index in [9.17, 15) is 19.5 Å². The number of nitrogens with one attached hydrogen (secondary N) is 1. The van der Waals surface area contributed by atoms with Gasteiger partial charge in [0.05, 0.1) is 17.9 Å². The number of ether oxygens (including phenoxy) is 1. The Hall–Kier alpha value is -3.00. The number of carbonyl (C=O) groups is 3. The summed E-state index contributed by atoms with van der Waals surface area (Å²) in [6.07, 6.45) is 1.62. The molecule has 33 heavy (non-hydrogen) atoms. The van der Waals surface area contributed by atoms with Crippen LogP contribution in [0.3, 0.4) is 0 Å². The van der Waals surface area contributed by atoms with E-state index in [1.54, 1.807) is 18.9 Å². The van der Waals surface area contributed by atoms with Crippen LogP contribution in [0.2, 0.25) is 0 Å². The molecule has 8 heteroatoms. The number of nitrogens with zero attached hydrogens (tertiary/aromatic N) is 1. The van der Waals surface area contributed by atoms with Crippen molar-refractivity contribution in [3.63, 3.8) is 0 Å². The van der Waals surface area contributed by atoms with Crippen LogP contribution in [0, 0.1) is 0 Å². The van der Waals surface area contributed by atoms with E-state index in [-0.39, 0.29) is 11.9 Å². The van der Waals surface area contributed by atoms with Gasteiger partial charge in [-0.2, -0.15) is 0 Å². The SMILES string of the molecule is COc1ccc(CSC2(C(=O)NC(CCC=O)c3ccccc3)CCN(C(=O)O)CC2)cc1. The molecule has 176 valence electrons. The van der Waals surface area contributed by atoms with E-state index in [1.165, 1.54) is 4.90 Å². The van der Waals surface area contributed by atoms with Crippen molar-refractivity contribution >= 4 is 30.0 Å². The van der Waals surface area contributed by atoms with Crippen molar-refractivity contribution in [2.45, 2.75) is 42.2 Å². The van der Waals surface area contributed by atoms with Crippen LogP contribution in [0.5, 0.6) is 5.75 Å². The van der Waals surface area contributed by atoms with Crippen molar-refractivity contribution in [1.82, 2.24) is 10.2 Å². The lowest BCUT2D eigenvalue weighted by Crippen LogP contribution is -2.53. The van der Waals surface area contributed by atoms with Crippen LogP contribution < -0.4 is 10.1 Å². The highest BCUT2D eigenvalue weighted by atomic mass is 32.2. The van der Waals surface area contributed by atoms with Crippen molar-refractivity contribution in [2.24, 2.45) is 0 Å². The average Bonchev–Trinajstić information content (AvgIpc) is 2.86. The fraction of sp³-hybridized carbons (Fsp3) is 0.400. The standard InChI is InChI=1S/C25H30N2O5S/c1-32-21-11-9-19(10-12-21)18-33-25(13-15-27(16-14-25)24(30)31)23(29)26-22(8-5-17-28)20-6-3-2-4-7-20/h2-4,6-7,9-12,17,22H,5,8,13-16,18H2,1H3,(H,26,29)(H,30,31). The van der Waals surface area contributed by atoms with Crippen LogP contribution in [-0.2, 0) is 15.3 Å². The summed E-state index contributed by atoms with van der Waals surface area (Å²) in [5, 5.41) is 12.5. The summed E-state index contributed by atoms with van der Waals surface area (Å²) >= 11 is 1.55. The maximum Gasteiger partial charge on any atom is 0.407 e. The van der Waals surface area contributed by atoms with Gasteiger partial charge in [-0.25, -0.2) is 4.79 Å². The minimum atomic E-state index is -0.961. The monoisotopic (exact) mass is 470 g/mol. The van der Waals surface area contributed by atoms with Gasteiger partial charge in [-0.1, -0.05) is 42.5 Å². The first-order chi connectivity index (χ1) is 16.0. The van der Waals surface area contributed by atoms with Crippen molar-refractivity contribution in [3.05, 3.63) is 65.7 Å². The van der Waals surface area contributed by atoms with Crippen LogP contribution >= 0.6 is 11.8 Å². The van der Waals surface area contributed by atoms with Gasteiger partial charge >= 0.3 is 6.09 Å². The second-order valence-electron chi connectivity index (χ2n) is 8.08. The zero-order valence-corrected chi connectivity index (χ0v) is 19.6. The maximum atomic E-state index is 13.7. The first-order valence-corrected chi connectivity index (χ1v) is 12.0. The molecular formula is C25H30N2O5S. The Morgan fingerprint density at radius 2 is 1.82 bits per heavy atom. The molecule has 7 nitrogen and oxygen atoms in total. The summed E-state index contributed by atoms with van der Waals surface area (Å²) in [7, 11) is 1.62. The van der Waals surface area contributed by atoms with E-state index in [0.717, 1.165) is 23.2 Å². The minimum absolute atomic E-state index is 0.106. The topological polar surface area (TPSA) is 95.9 Å². The minimum Gasteiger partial charge on any atom is -0.497 e. The number of aldehydes is 1. The van der Waals surface area contributed by atoms with Crippen molar-refractivity contribution in [2.75, 3.05) is 20.2 Å². The molecule has 0 saturated carbocycles. The Kier molecular flexibility index (Phi) is 8.77. The van der Waals surface area contributed by atoms with E-state index < -0.39 is 10.8 Å². The van der Waals surface area contributed by atoms with Gasteiger partial charge in [0.2, 0.25) is 5.91 Å². The molecule has 1 aliphatic heterocycles. The van der Waals surface area contributed by atoms with Gasteiger partial charge in [0.25, 0.3) is 0 Å². The molecular weight excluding hydrogens is 440 g/mol. The molecule has 2 amide bonds. The van der Waals surface area contributed by atoms with Crippen LogP contribution in [0.4, 0.5) is 4.79 Å². The first-order valence-electron chi connectivity index (χ1n) is 11.0. The Labute approximate surface area is 198 Å². The molecule has 1 atom stereocenters. The highest BCUT2D eigenvalue weighted by molar-refractivity contribution is 8.00. The van der Waals surface area contributed by atoms with Crippen LogP contribution in [-0.4, -0.2) is 53.2 Å². The summed E-state index contributed by atoms with van der Waals surface area (Å²) in [5.74, 6) is 1.28. The number of rotatable bonds is 10. The number of likely N-dealkylation sites (tertiary alicyclic amines) is 1. The number of carbonyl (C=O) groups excluding carboxylic acids is 2. The molecule has 1 fully saturated rings. The van der Waals surface area contributed by atoms with Gasteiger partial charge in [-0.05, 0) is 42.5 Å². The number of hydrogen-bond donors (Lipinski definition) is 2. The second-order valence-corrected chi connectivity index (χ2v) is 9.44.